The maximum Gasteiger partial charge on any atom is 0.261 e. The van der Waals surface area contributed by atoms with Gasteiger partial charge >= 0.3 is 0 Å². The van der Waals surface area contributed by atoms with Gasteiger partial charge in [-0.2, -0.15) is 0 Å². The van der Waals surface area contributed by atoms with E-state index in [1.165, 1.54) is 11.0 Å². The van der Waals surface area contributed by atoms with Crippen LogP contribution in [-0.4, -0.2) is 92.4 Å². The first-order chi connectivity index (χ1) is 17.7. The van der Waals surface area contributed by atoms with Gasteiger partial charge in [-0.05, 0) is 50.0 Å². The number of benzene rings is 1. The number of allylic oxidation sites excluding steroid dienone is 1. The summed E-state index contributed by atoms with van der Waals surface area (Å²) in [4.78, 5) is 42.1. The van der Waals surface area contributed by atoms with Crippen molar-refractivity contribution < 1.29 is 43.6 Å². The summed E-state index contributed by atoms with van der Waals surface area (Å²) in [5, 5.41) is 44.3. The smallest absolute Gasteiger partial charge is 0.261 e. The van der Waals surface area contributed by atoms with Gasteiger partial charge in [-0.1, -0.05) is 6.07 Å². The Hall–Kier alpha value is -3.35. The number of amides is 1. The number of carbonyl (C=O) groups excluding carboxylic acids is 3. The number of likely N-dealkylation sites (tertiary alicyclic amines) is 1. The number of carbonyl (C=O) groups is 3. The summed E-state index contributed by atoms with van der Waals surface area (Å²) in [7, 11) is 3.10. The highest BCUT2D eigenvalue weighted by Gasteiger charge is 2.63. The number of halogens is 2. The number of nitrogens with zero attached hydrogens (tertiary/aromatic N) is 2. The molecule has 1 amide bonds. The van der Waals surface area contributed by atoms with E-state index in [1.807, 2.05) is 0 Å². The highest BCUT2D eigenvalue weighted by atomic mass is 19.3. The van der Waals surface area contributed by atoms with E-state index in [2.05, 4.69) is 0 Å². The first kappa shape index (κ1) is 26.3. The molecule has 0 bridgehead atoms. The minimum Gasteiger partial charge on any atom is -0.510 e. The van der Waals surface area contributed by atoms with Crippen LogP contribution in [0.25, 0.3) is 0 Å². The third kappa shape index (κ3) is 3.65. The average Bonchev–Trinajstić information content (AvgIpc) is 3.15. The number of likely N-dealkylation sites (N-methyl/N-ethyl adjacent to an activating group) is 1. The van der Waals surface area contributed by atoms with E-state index in [9.17, 15) is 43.6 Å². The molecule has 4 atom stereocenters. The molecule has 0 spiro atoms. The third-order valence-electron chi connectivity index (χ3n) is 8.35. The van der Waals surface area contributed by atoms with Gasteiger partial charge in [-0.3, -0.25) is 24.2 Å². The Kier molecular flexibility index (Phi) is 5.93. The van der Waals surface area contributed by atoms with Crippen molar-refractivity contribution in [2.24, 2.45) is 17.6 Å². The fraction of sp³-hybridized carbons (Fsp3) is 0.500. The molecule has 204 valence electrons. The first-order valence-electron chi connectivity index (χ1n) is 12.3. The lowest BCUT2D eigenvalue weighted by molar-refractivity contribution is -0.148. The zero-order chi connectivity index (χ0) is 27.9. The van der Waals surface area contributed by atoms with Crippen molar-refractivity contribution >= 4 is 17.5 Å². The van der Waals surface area contributed by atoms with E-state index in [0.29, 0.717) is 11.1 Å². The summed E-state index contributed by atoms with van der Waals surface area (Å²) in [5.74, 6) is -10.0. The summed E-state index contributed by atoms with van der Waals surface area (Å²) in [5.41, 5.74) is 2.37. The van der Waals surface area contributed by atoms with Crippen LogP contribution in [0.15, 0.2) is 34.8 Å². The van der Waals surface area contributed by atoms with E-state index in [-0.39, 0.29) is 49.2 Å². The number of aromatic hydroxyl groups is 1. The van der Waals surface area contributed by atoms with Gasteiger partial charge in [0, 0.05) is 31.0 Å². The van der Waals surface area contributed by atoms with E-state index in [4.69, 9.17) is 5.73 Å². The van der Waals surface area contributed by atoms with Crippen LogP contribution >= 0.6 is 0 Å². The molecule has 0 unspecified atom stereocenters. The van der Waals surface area contributed by atoms with Crippen LogP contribution in [0.4, 0.5) is 8.78 Å². The summed E-state index contributed by atoms with van der Waals surface area (Å²) in [6.45, 7) is -0.135. The van der Waals surface area contributed by atoms with Gasteiger partial charge in [0.2, 0.25) is 5.78 Å². The number of Topliss-reactive ketones (excluding diaryl/α,β-unsaturated/α-hetero) is 2. The van der Waals surface area contributed by atoms with Crippen LogP contribution in [0.2, 0.25) is 0 Å². The number of phenolic OH excluding ortho intramolecular Hbond substituents is 1. The van der Waals surface area contributed by atoms with Gasteiger partial charge < -0.3 is 26.2 Å². The number of ketones is 2. The molecule has 12 heteroatoms. The molecule has 1 aromatic carbocycles. The SMILES string of the molecule is CN(C)[C@@H]1C(O)=C(C(N)=O)C(=O)[C@@]2(O)C(O)=C3C(=O)c4c(O)ccc(CN5CCC(F)(F)C5)c4C[C@H]3C[C@@H]12. The number of rotatable bonds is 4. The number of aliphatic hydroxyl groups excluding tert-OH is 2. The zero-order valence-corrected chi connectivity index (χ0v) is 20.9. The van der Waals surface area contributed by atoms with Gasteiger partial charge in [0.1, 0.15) is 22.8 Å². The van der Waals surface area contributed by atoms with Crippen molar-refractivity contribution in [2.45, 2.75) is 43.4 Å². The Labute approximate surface area is 216 Å². The molecule has 1 aliphatic heterocycles. The molecule has 6 N–H and O–H groups in total. The van der Waals surface area contributed by atoms with Crippen molar-refractivity contribution in [1.29, 1.82) is 0 Å². The molecule has 0 aromatic heterocycles. The number of nitrogens with two attached hydrogens (primary N) is 1. The number of hydrogen-bond acceptors (Lipinski definition) is 9. The number of phenols is 1. The maximum absolute atomic E-state index is 13.8. The Morgan fingerprint density at radius 2 is 1.89 bits per heavy atom. The lowest BCUT2D eigenvalue weighted by atomic mass is 9.58. The van der Waals surface area contributed by atoms with Crippen molar-refractivity contribution in [2.75, 3.05) is 27.2 Å². The third-order valence-corrected chi connectivity index (χ3v) is 8.35. The largest absolute Gasteiger partial charge is 0.510 e. The van der Waals surface area contributed by atoms with Crippen LogP contribution in [0.5, 0.6) is 5.75 Å². The Morgan fingerprint density at radius 1 is 1.21 bits per heavy atom. The standard InChI is InChI=1S/C26H29F2N3O7/c1-30(2)19-14-8-12-7-13-11(9-31-6-5-25(27,28)10-31)3-4-15(32)17(13)20(33)16(12)22(35)26(14,38)23(36)18(21(19)34)24(29)37/h3-4,12,14,19,32,34-35,38H,5-10H2,1-2H3,(H2,29,37)/t12-,14-,19-,26-/m0/s1. The molecule has 1 fully saturated rings. The molecule has 10 nitrogen and oxygen atoms in total. The fourth-order valence-corrected chi connectivity index (χ4v) is 6.65. The van der Waals surface area contributed by atoms with Gasteiger partial charge in [0.15, 0.2) is 11.4 Å². The van der Waals surface area contributed by atoms with Crippen LogP contribution in [0, 0.1) is 11.8 Å². The van der Waals surface area contributed by atoms with E-state index < -0.39 is 70.5 Å². The molecular weight excluding hydrogens is 504 g/mol. The van der Waals surface area contributed by atoms with Gasteiger partial charge in [-0.15, -0.1) is 0 Å². The Balaban J connectivity index is 1.62. The Morgan fingerprint density at radius 3 is 2.47 bits per heavy atom. The number of hydrogen-bond donors (Lipinski definition) is 5. The molecule has 38 heavy (non-hydrogen) atoms. The van der Waals surface area contributed by atoms with Gasteiger partial charge in [0.25, 0.3) is 11.8 Å². The van der Waals surface area contributed by atoms with E-state index >= 15 is 0 Å². The predicted octanol–water partition coefficient (Wildman–Crippen LogP) is 0.962. The molecule has 1 aromatic rings. The van der Waals surface area contributed by atoms with Crippen LogP contribution in [0.3, 0.4) is 0 Å². The highest BCUT2D eigenvalue weighted by molar-refractivity contribution is 6.24. The topological polar surface area (TPSA) is 165 Å². The van der Waals surface area contributed by atoms with Crippen LogP contribution in [0.1, 0.15) is 34.3 Å². The fourth-order valence-electron chi connectivity index (χ4n) is 6.65. The van der Waals surface area contributed by atoms with Crippen LogP contribution in [-0.2, 0) is 22.6 Å². The second kappa shape index (κ2) is 8.58. The van der Waals surface area contributed by atoms with Crippen LogP contribution < -0.4 is 5.73 Å². The predicted molar refractivity (Wildman–Crippen MR) is 129 cm³/mol. The summed E-state index contributed by atoms with van der Waals surface area (Å²) in [6.07, 6.45) is -0.203. The molecule has 0 radical (unpaired) electrons. The lowest BCUT2D eigenvalue weighted by Crippen LogP contribution is -2.63. The normalized spacial score (nSPS) is 30.9. The number of fused-ring (bicyclic) bond motifs is 3. The average molecular weight is 534 g/mol. The minimum atomic E-state index is -2.81. The second-order valence-electron chi connectivity index (χ2n) is 10.9. The zero-order valence-electron chi connectivity index (χ0n) is 20.9. The number of aliphatic hydroxyl groups is 3. The van der Waals surface area contributed by atoms with Gasteiger partial charge in [-0.25, -0.2) is 8.78 Å². The molecule has 1 saturated heterocycles. The molecule has 3 aliphatic carbocycles. The van der Waals surface area contributed by atoms with Crippen molar-refractivity contribution in [3.05, 3.63) is 51.5 Å². The summed E-state index contributed by atoms with van der Waals surface area (Å²) >= 11 is 0. The monoisotopic (exact) mass is 533 g/mol. The van der Waals surface area contributed by atoms with E-state index in [0.717, 1.165) is 0 Å². The number of alkyl halides is 2. The quantitative estimate of drug-likeness (QED) is 0.355. The molecule has 4 aliphatic rings. The number of primary amides is 1. The van der Waals surface area contributed by atoms with Crippen molar-refractivity contribution in [3.8, 4) is 5.75 Å². The molecule has 1 heterocycles. The van der Waals surface area contributed by atoms with Crippen molar-refractivity contribution in [1.82, 2.24) is 9.80 Å². The summed E-state index contributed by atoms with van der Waals surface area (Å²) in [6, 6.07) is 1.76. The molecular formula is C26H29F2N3O7. The second-order valence-corrected chi connectivity index (χ2v) is 10.9. The molecule has 5 rings (SSSR count). The van der Waals surface area contributed by atoms with E-state index in [1.54, 1.807) is 25.1 Å². The molecule has 0 saturated carbocycles. The first-order valence-corrected chi connectivity index (χ1v) is 12.3. The maximum atomic E-state index is 13.8. The minimum absolute atomic E-state index is 0.0390. The highest BCUT2D eigenvalue weighted by Crippen LogP contribution is 2.52. The lowest BCUT2D eigenvalue weighted by Gasteiger charge is -2.50. The Bertz CT molecular complexity index is 1340. The summed E-state index contributed by atoms with van der Waals surface area (Å²) < 4.78 is 27.6. The van der Waals surface area contributed by atoms with Crippen molar-refractivity contribution in [3.63, 3.8) is 0 Å². The van der Waals surface area contributed by atoms with Gasteiger partial charge in [0.05, 0.1) is 18.2 Å².